The Morgan fingerprint density at radius 1 is 1.47 bits per heavy atom. The van der Waals surface area contributed by atoms with Crippen LogP contribution in [0.2, 0.25) is 0 Å². The molecule has 1 unspecified atom stereocenters. The van der Waals surface area contributed by atoms with Gasteiger partial charge in [0.1, 0.15) is 6.33 Å². The first-order chi connectivity index (χ1) is 9.31. The molecule has 1 saturated carbocycles. The summed E-state index contributed by atoms with van der Waals surface area (Å²) >= 11 is 0. The highest BCUT2D eigenvalue weighted by Gasteiger charge is 2.40. The van der Waals surface area contributed by atoms with Crippen molar-refractivity contribution in [3.63, 3.8) is 0 Å². The number of hydrogen-bond donors (Lipinski definition) is 1. The summed E-state index contributed by atoms with van der Waals surface area (Å²) in [6, 6.07) is 0.467. The Morgan fingerprint density at radius 3 is 3.11 bits per heavy atom. The second-order valence-electron chi connectivity index (χ2n) is 5.81. The van der Waals surface area contributed by atoms with E-state index in [9.17, 15) is 0 Å². The highest BCUT2D eigenvalue weighted by Crippen LogP contribution is 2.43. The van der Waals surface area contributed by atoms with Crippen LogP contribution in [0.15, 0.2) is 6.33 Å². The largest absolute Gasteiger partial charge is 0.375 e. The summed E-state index contributed by atoms with van der Waals surface area (Å²) in [5.41, 5.74) is 0.150. The van der Waals surface area contributed by atoms with E-state index in [1.54, 1.807) is 0 Å². The smallest absolute Gasteiger partial charge is 0.164 e. The maximum absolute atomic E-state index is 6.08. The molecule has 1 atom stereocenters. The molecule has 2 aliphatic rings. The molecule has 1 saturated heterocycles. The van der Waals surface area contributed by atoms with E-state index in [0.717, 1.165) is 38.4 Å². The molecule has 0 bridgehead atoms. The molecule has 2 heterocycles. The zero-order chi connectivity index (χ0) is 13.1. The Hall–Kier alpha value is -0.940. The van der Waals surface area contributed by atoms with E-state index >= 15 is 0 Å². The summed E-state index contributed by atoms with van der Waals surface area (Å²) in [7, 11) is 0. The molecule has 19 heavy (non-hydrogen) atoms. The standard InChI is InChI=1S/C14H24N4O/c1-2-15-10-13-16-11-18(17-13)12-5-8-19-14(9-12)6-3-4-7-14/h11-12,15H,2-10H2,1H3. The summed E-state index contributed by atoms with van der Waals surface area (Å²) in [5, 5.41) is 7.88. The third kappa shape index (κ3) is 2.82. The first kappa shape index (κ1) is 13.1. The zero-order valence-electron chi connectivity index (χ0n) is 11.8. The predicted octanol–water partition coefficient (Wildman–Crippen LogP) is 2.05. The summed E-state index contributed by atoms with van der Waals surface area (Å²) < 4.78 is 8.14. The topological polar surface area (TPSA) is 52.0 Å². The fourth-order valence-electron chi connectivity index (χ4n) is 3.40. The van der Waals surface area contributed by atoms with Crippen LogP contribution in [0, 0.1) is 0 Å². The van der Waals surface area contributed by atoms with Crippen molar-refractivity contribution >= 4 is 0 Å². The minimum absolute atomic E-state index is 0.150. The molecule has 5 heteroatoms. The van der Waals surface area contributed by atoms with Crippen LogP contribution in [-0.4, -0.2) is 33.5 Å². The van der Waals surface area contributed by atoms with Gasteiger partial charge in [-0.1, -0.05) is 19.8 Å². The second kappa shape index (κ2) is 5.59. The van der Waals surface area contributed by atoms with Crippen molar-refractivity contribution in [1.82, 2.24) is 20.1 Å². The normalized spacial score (nSPS) is 26.1. The molecule has 1 aliphatic heterocycles. The molecule has 5 nitrogen and oxygen atoms in total. The Labute approximate surface area is 114 Å². The molecule has 106 valence electrons. The van der Waals surface area contributed by atoms with Gasteiger partial charge in [0, 0.05) is 6.61 Å². The lowest BCUT2D eigenvalue weighted by Gasteiger charge is -2.38. The van der Waals surface area contributed by atoms with Gasteiger partial charge >= 0.3 is 0 Å². The van der Waals surface area contributed by atoms with Crippen molar-refractivity contribution in [3.8, 4) is 0 Å². The molecule has 1 spiro atoms. The average molecular weight is 264 g/mol. The van der Waals surface area contributed by atoms with E-state index in [1.165, 1.54) is 25.7 Å². The Kier molecular flexibility index (Phi) is 3.84. The van der Waals surface area contributed by atoms with Gasteiger partial charge in [0.2, 0.25) is 0 Å². The van der Waals surface area contributed by atoms with Crippen molar-refractivity contribution in [2.45, 2.75) is 63.6 Å². The lowest BCUT2D eigenvalue weighted by molar-refractivity contribution is -0.0910. The van der Waals surface area contributed by atoms with E-state index < -0.39 is 0 Å². The molecule has 0 radical (unpaired) electrons. The van der Waals surface area contributed by atoms with Crippen LogP contribution in [0.25, 0.3) is 0 Å². The van der Waals surface area contributed by atoms with Gasteiger partial charge in [0.25, 0.3) is 0 Å². The summed E-state index contributed by atoms with van der Waals surface area (Å²) in [5.74, 6) is 0.897. The van der Waals surface area contributed by atoms with Gasteiger partial charge in [0.05, 0.1) is 18.2 Å². The summed E-state index contributed by atoms with van der Waals surface area (Å²) in [6.45, 7) is 4.68. The predicted molar refractivity (Wildman–Crippen MR) is 72.8 cm³/mol. The van der Waals surface area contributed by atoms with Crippen LogP contribution in [-0.2, 0) is 11.3 Å². The molecular weight excluding hydrogens is 240 g/mol. The molecule has 1 aliphatic carbocycles. The van der Waals surface area contributed by atoms with Crippen LogP contribution in [0.5, 0.6) is 0 Å². The average Bonchev–Trinajstić information content (AvgIpc) is 3.06. The maximum atomic E-state index is 6.08. The fraction of sp³-hybridized carbons (Fsp3) is 0.857. The van der Waals surface area contributed by atoms with E-state index in [4.69, 9.17) is 4.74 Å². The van der Waals surface area contributed by atoms with Crippen molar-refractivity contribution in [2.75, 3.05) is 13.2 Å². The Balaban J connectivity index is 1.66. The van der Waals surface area contributed by atoms with Crippen LogP contribution < -0.4 is 5.32 Å². The maximum Gasteiger partial charge on any atom is 0.164 e. The van der Waals surface area contributed by atoms with Crippen molar-refractivity contribution < 1.29 is 4.74 Å². The van der Waals surface area contributed by atoms with Crippen molar-refractivity contribution in [1.29, 1.82) is 0 Å². The highest BCUT2D eigenvalue weighted by molar-refractivity contribution is 4.93. The molecule has 1 N–H and O–H groups in total. The number of rotatable bonds is 4. The van der Waals surface area contributed by atoms with Gasteiger partial charge in [-0.15, -0.1) is 0 Å². The van der Waals surface area contributed by atoms with Gasteiger partial charge in [0.15, 0.2) is 5.82 Å². The second-order valence-corrected chi connectivity index (χ2v) is 5.81. The number of hydrogen-bond acceptors (Lipinski definition) is 4. The van der Waals surface area contributed by atoms with E-state index in [-0.39, 0.29) is 5.60 Å². The first-order valence-electron chi connectivity index (χ1n) is 7.56. The first-order valence-corrected chi connectivity index (χ1v) is 7.56. The van der Waals surface area contributed by atoms with Gasteiger partial charge in [-0.25, -0.2) is 9.67 Å². The monoisotopic (exact) mass is 264 g/mol. The minimum atomic E-state index is 0.150. The minimum Gasteiger partial charge on any atom is -0.375 e. The van der Waals surface area contributed by atoms with Crippen LogP contribution in [0.4, 0.5) is 0 Å². The third-order valence-corrected chi connectivity index (χ3v) is 4.44. The molecule has 1 aromatic rings. The van der Waals surface area contributed by atoms with E-state index in [2.05, 4.69) is 27.0 Å². The van der Waals surface area contributed by atoms with Gasteiger partial charge in [-0.05, 0) is 32.2 Å². The number of ether oxygens (including phenoxy) is 1. The van der Waals surface area contributed by atoms with Crippen molar-refractivity contribution in [2.24, 2.45) is 0 Å². The molecule has 0 amide bonds. The molecule has 1 aromatic heterocycles. The Morgan fingerprint density at radius 2 is 2.32 bits per heavy atom. The van der Waals surface area contributed by atoms with E-state index in [0.29, 0.717) is 6.04 Å². The molecular formula is C14H24N4O. The molecule has 0 aromatic carbocycles. The quantitative estimate of drug-likeness (QED) is 0.904. The van der Waals surface area contributed by atoms with Crippen LogP contribution >= 0.6 is 0 Å². The van der Waals surface area contributed by atoms with Gasteiger partial charge in [-0.2, -0.15) is 5.10 Å². The number of nitrogens with one attached hydrogen (secondary N) is 1. The highest BCUT2D eigenvalue weighted by atomic mass is 16.5. The van der Waals surface area contributed by atoms with Crippen LogP contribution in [0.1, 0.15) is 57.3 Å². The van der Waals surface area contributed by atoms with E-state index in [1.807, 2.05) is 6.33 Å². The van der Waals surface area contributed by atoms with Crippen LogP contribution in [0.3, 0.4) is 0 Å². The lowest BCUT2D eigenvalue weighted by atomic mass is 9.89. The SMILES string of the molecule is CCNCc1ncn(C2CCOC3(CCCC3)C2)n1. The summed E-state index contributed by atoms with van der Waals surface area (Å²) in [4.78, 5) is 4.39. The lowest BCUT2D eigenvalue weighted by Crippen LogP contribution is -2.38. The molecule has 3 rings (SSSR count). The Bertz CT molecular complexity index is 411. The van der Waals surface area contributed by atoms with Gasteiger partial charge in [-0.3, -0.25) is 0 Å². The third-order valence-electron chi connectivity index (χ3n) is 4.44. The van der Waals surface area contributed by atoms with Crippen molar-refractivity contribution in [3.05, 3.63) is 12.2 Å². The summed E-state index contributed by atoms with van der Waals surface area (Å²) in [6.07, 6.45) is 9.14. The zero-order valence-corrected chi connectivity index (χ0v) is 11.8. The van der Waals surface area contributed by atoms with Gasteiger partial charge < -0.3 is 10.1 Å². The fourth-order valence-corrected chi connectivity index (χ4v) is 3.40. The molecule has 2 fully saturated rings. The number of aromatic nitrogens is 3. The number of nitrogens with zero attached hydrogens (tertiary/aromatic N) is 3.